The summed E-state index contributed by atoms with van der Waals surface area (Å²) in [6.45, 7) is 3.71. The van der Waals surface area contributed by atoms with Gasteiger partial charge in [-0.15, -0.1) is 0 Å². The van der Waals surface area contributed by atoms with Gasteiger partial charge in [-0.25, -0.2) is 4.79 Å². The van der Waals surface area contributed by atoms with Gasteiger partial charge in [-0.1, -0.05) is 30.9 Å². The first-order chi connectivity index (χ1) is 5.84. The highest BCUT2D eigenvalue weighted by atomic mass is 28.1. The standard InChI is InChI=1S/C10H10O2.H4Si/c1-2-8-12-10(11)9-6-4-3-5-7-9;/h2-7H,1,8H2;1H4. The summed E-state index contributed by atoms with van der Waals surface area (Å²) >= 11 is 0. The highest BCUT2D eigenvalue weighted by Crippen LogP contribution is 2.00. The largest absolute Gasteiger partial charge is 0.458 e. The summed E-state index contributed by atoms with van der Waals surface area (Å²) in [4.78, 5) is 11.1. The molecule has 70 valence electrons. The van der Waals surface area contributed by atoms with Crippen LogP contribution in [0.4, 0.5) is 0 Å². The molecule has 13 heavy (non-hydrogen) atoms. The molecule has 0 saturated carbocycles. The van der Waals surface area contributed by atoms with E-state index in [-0.39, 0.29) is 23.5 Å². The van der Waals surface area contributed by atoms with Gasteiger partial charge in [0, 0.05) is 0 Å². The second kappa shape index (κ2) is 6.19. The molecule has 1 aromatic rings. The van der Waals surface area contributed by atoms with Crippen molar-refractivity contribution in [1.29, 1.82) is 0 Å². The molecule has 0 aromatic heterocycles. The van der Waals surface area contributed by atoms with Crippen molar-refractivity contribution in [2.45, 2.75) is 0 Å². The van der Waals surface area contributed by atoms with Crippen molar-refractivity contribution in [3.8, 4) is 0 Å². The van der Waals surface area contributed by atoms with Crippen LogP contribution in [0, 0.1) is 0 Å². The van der Waals surface area contributed by atoms with Crippen LogP contribution in [-0.4, -0.2) is 23.5 Å². The SMILES string of the molecule is C=CCOC(=O)c1ccccc1.[SiH4]. The summed E-state index contributed by atoms with van der Waals surface area (Å²) in [6.07, 6.45) is 1.54. The van der Waals surface area contributed by atoms with Crippen LogP contribution >= 0.6 is 0 Å². The Balaban J connectivity index is 0.00000144. The van der Waals surface area contributed by atoms with Gasteiger partial charge in [0.25, 0.3) is 0 Å². The zero-order chi connectivity index (χ0) is 8.81. The van der Waals surface area contributed by atoms with Gasteiger partial charge in [0.15, 0.2) is 0 Å². The molecular weight excluding hydrogens is 180 g/mol. The Morgan fingerprint density at radius 1 is 1.38 bits per heavy atom. The van der Waals surface area contributed by atoms with Gasteiger partial charge >= 0.3 is 5.97 Å². The number of benzene rings is 1. The van der Waals surface area contributed by atoms with Crippen molar-refractivity contribution in [3.63, 3.8) is 0 Å². The molecule has 0 atom stereocenters. The molecule has 0 spiro atoms. The lowest BCUT2D eigenvalue weighted by Crippen LogP contribution is -2.04. The van der Waals surface area contributed by atoms with E-state index in [0.717, 1.165) is 0 Å². The van der Waals surface area contributed by atoms with Gasteiger partial charge in [-0.2, -0.15) is 0 Å². The lowest BCUT2D eigenvalue weighted by molar-refractivity contribution is 0.0550. The molecular formula is C10H14O2Si. The van der Waals surface area contributed by atoms with Crippen LogP contribution in [0.15, 0.2) is 43.0 Å². The summed E-state index contributed by atoms with van der Waals surface area (Å²) < 4.78 is 4.82. The average molecular weight is 194 g/mol. The maximum atomic E-state index is 11.1. The van der Waals surface area contributed by atoms with Crippen molar-refractivity contribution in [2.75, 3.05) is 6.61 Å². The van der Waals surface area contributed by atoms with Crippen LogP contribution in [0.25, 0.3) is 0 Å². The third-order valence-corrected chi connectivity index (χ3v) is 1.34. The molecule has 0 unspecified atom stereocenters. The zero-order valence-corrected chi connectivity index (χ0v) is 6.69. The summed E-state index contributed by atoms with van der Waals surface area (Å²) in [6, 6.07) is 8.87. The topological polar surface area (TPSA) is 26.3 Å². The van der Waals surface area contributed by atoms with Crippen molar-refractivity contribution < 1.29 is 9.53 Å². The molecule has 0 saturated heterocycles. The van der Waals surface area contributed by atoms with Crippen LogP contribution in [-0.2, 0) is 4.74 Å². The number of ether oxygens (including phenoxy) is 1. The molecule has 0 radical (unpaired) electrons. The minimum Gasteiger partial charge on any atom is -0.458 e. The van der Waals surface area contributed by atoms with Gasteiger partial charge in [0.2, 0.25) is 0 Å². The number of hydrogen-bond acceptors (Lipinski definition) is 2. The molecule has 0 fully saturated rings. The Kier molecular flexibility index (Phi) is 5.55. The van der Waals surface area contributed by atoms with E-state index in [2.05, 4.69) is 6.58 Å². The first-order valence-electron chi connectivity index (χ1n) is 3.67. The van der Waals surface area contributed by atoms with E-state index in [0.29, 0.717) is 5.56 Å². The van der Waals surface area contributed by atoms with Crippen LogP contribution in [0.5, 0.6) is 0 Å². The Morgan fingerprint density at radius 2 is 2.00 bits per heavy atom. The third-order valence-electron chi connectivity index (χ3n) is 1.34. The van der Waals surface area contributed by atoms with E-state index in [1.807, 2.05) is 6.07 Å². The van der Waals surface area contributed by atoms with E-state index in [1.54, 1.807) is 30.3 Å². The van der Waals surface area contributed by atoms with Crippen LogP contribution in [0.1, 0.15) is 10.4 Å². The summed E-state index contributed by atoms with van der Waals surface area (Å²) in [5.74, 6) is -0.310. The minimum absolute atomic E-state index is 0. The maximum Gasteiger partial charge on any atom is 0.338 e. The molecule has 0 heterocycles. The van der Waals surface area contributed by atoms with Crippen molar-refractivity contribution in [2.24, 2.45) is 0 Å². The monoisotopic (exact) mass is 194 g/mol. The van der Waals surface area contributed by atoms with Crippen molar-refractivity contribution >= 4 is 16.9 Å². The molecule has 0 bridgehead atoms. The Labute approximate surface area is 82.3 Å². The van der Waals surface area contributed by atoms with E-state index in [9.17, 15) is 4.79 Å². The van der Waals surface area contributed by atoms with Crippen LogP contribution in [0.3, 0.4) is 0 Å². The molecule has 3 heteroatoms. The third kappa shape index (κ3) is 3.71. The molecule has 0 aliphatic heterocycles. The Bertz CT molecular complexity index is 270. The molecule has 0 amide bonds. The second-order valence-electron chi connectivity index (χ2n) is 2.25. The molecule has 0 N–H and O–H groups in total. The van der Waals surface area contributed by atoms with Gasteiger partial charge in [-0.05, 0) is 23.1 Å². The second-order valence-corrected chi connectivity index (χ2v) is 2.25. The Hall–Kier alpha value is -1.35. The molecule has 1 aromatic carbocycles. The first-order valence-corrected chi connectivity index (χ1v) is 3.67. The molecule has 1 rings (SSSR count). The normalized spacial score (nSPS) is 8.31. The minimum atomic E-state index is -0.310. The van der Waals surface area contributed by atoms with E-state index in [1.165, 1.54) is 0 Å². The average Bonchev–Trinajstić information content (AvgIpc) is 2.15. The van der Waals surface area contributed by atoms with Gasteiger partial charge in [0.1, 0.15) is 6.61 Å². The summed E-state index contributed by atoms with van der Waals surface area (Å²) in [5.41, 5.74) is 0.569. The van der Waals surface area contributed by atoms with Crippen LogP contribution < -0.4 is 0 Å². The van der Waals surface area contributed by atoms with Crippen molar-refractivity contribution in [3.05, 3.63) is 48.6 Å². The number of rotatable bonds is 3. The fraction of sp³-hybridized carbons (Fsp3) is 0.100. The predicted octanol–water partition coefficient (Wildman–Crippen LogP) is 0.578. The van der Waals surface area contributed by atoms with E-state index >= 15 is 0 Å². The lowest BCUT2D eigenvalue weighted by Gasteiger charge is -1.99. The molecule has 2 nitrogen and oxygen atoms in total. The molecule has 0 aliphatic carbocycles. The quantitative estimate of drug-likeness (QED) is 0.400. The highest BCUT2D eigenvalue weighted by molar-refractivity contribution is 5.89. The van der Waals surface area contributed by atoms with E-state index in [4.69, 9.17) is 4.74 Å². The van der Waals surface area contributed by atoms with Crippen molar-refractivity contribution in [1.82, 2.24) is 0 Å². The Morgan fingerprint density at radius 3 is 2.54 bits per heavy atom. The fourth-order valence-corrected chi connectivity index (χ4v) is 0.792. The summed E-state index contributed by atoms with van der Waals surface area (Å²) in [7, 11) is 0. The lowest BCUT2D eigenvalue weighted by atomic mass is 10.2. The predicted molar refractivity (Wildman–Crippen MR) is 58.3 cm³/mol. The number of esters is 1. The zero-order valence-electron chi connectivity index (χ0n) is 6.69. The van der Waals surface area contributed by atoms with E-state index < -0.39 is 0 Å². The maximum absolute atomic E-state index is 11.1. The first kappa shape index (κ1) is 11.6. The van der Waals surface area contributed by atoms with Gasteiger partial charge in [0.05, 0.1) is 5.56 Å². The number of carbonyl (C=O) groups excluding carboxylic acids is 1. The van der Waals surface area contributed by atoms with Gasteiger partial charge in [-0.3, -0.25) is 0 Å². The number of hydrogen-bond donors (Lipinski definition) is 0. The fourth-order valence-electron chi connectivity index (χ4n) is 0.792. The molecule has 0 aliphatic rings. The number of carbonyl (C=O) groups is 1. The summed E-state index contributed by atoms with van der Waals surface area (Å²) in [5, 5.41) is 0. The van der Waals surface area contributed by atoms with Crippen LogP contribution in [0.2, 0.25) is 0 Å². The highest BCUT2D eigenvalue weighted by Gasteiger charge is 2.02. The smallest absolute Gasteiger partial charge is 0.338 e. The van der Waals surface area contributed by atoms with Gasteiger partial charge < -0.3 is 4.74 Å².